The number of furan rings is 1. The summed E-state index contributed by atoms with van der Waals surface area (Å²) in [7, 11) is 0. The number of ether oxygens (including phenoxy) is 1. The highest BCUT2D eigenvalue weighted by atomic mass is 16.5. The summed E-state index contributed by atoms with van der Waals surface area (Å²) in [6.45, 7) is 2.79. The van der Waals surface area contributed by atoms with Gasteiger partial charge in [0.25, 0.3) is 5.91 Å². The van der Waals surface area contributed by atoms with E-state index >= 15 is 0 Å². The Morgan fingerprint density at radius 1 is 1.04 bits per heavy atom. The van der Waals surface area contributed by atoms with Crippen molar-refractivity contribution in [1.29, 1.82) is 0 Å². The smallest absolute Gasteiger partial charge is 0.375 e. The molecule has 0 unspecified atom stereocenters. The van der Waals surface area contributed by atoms with Gasteiger partial charge in [-0.3, -0.25) is 9.59 Å². The molecule has 2 aromatic carbocycles. The molecule has 0 aliphatic rings. The fourth-order valence-electron chi connectivity index (χ4n) is 2.55. The van der Waals surface area contributed by atoms with Crippen molar-refractivity contribution in [3.05, 3.63) is 65.4 Å². The van der Waals surface area contributed by atoms with E-state index in [9.17, 15) is 14.4 Å². The van der Waals surface area contributed by atoms with Crippen LogP contribution < -0.4 is 5.32 Å². The topological polar surface area (TPSA) is 85.6 Å². The molecule has 3 aromatic rings. The number of hydrogen-bond acceptors (Lipinski definition) is 5. The number of nitrogens with one attached hydrogen (secondary N) is 1. The van der Waals surface area contributed by atoms with Gasteiger partial charge in [-0.15, -0.1) is 0 Å². The van der Waals surface area contributed by atoms with Crippen molar-refractivity contribution in [2.24, 2.45) is 0 Å². The van der Waals surface area contributed by atoms with Crippen LogP contribution in [0, 0.1) is 6.92 Å². The molecule has 0 fully saturated rings. The Bertz CT molecular complexity index is 985. The van der Waals surface area contributed by atoms with Crippen LogP contribution in [0.3, 0.4) is 0 Å². The maximum Gasteiger partial charge on any atom is 0.375 e. The molecule has 1 amide bonds. The van der Waals surface area contributed by atoms with Crippen molar-refractivity contribution >= 4 is 34.3 Å². The number of anilines is 1. The molecule has 3 rings (SSSR count). The molecule has 0 spiro atoms. The molecule has 6 nitrogen and oxygen atoms in total. The third kappa shape index (κ3) is 3.64. The third-order valence-corrected chi connectivity index (χ3v) is 3.94. The summed E-state index contributed by atoms with van der Waals surface area (Å²) in [5, 5.41) is 3.43. The molecule has 132 valence electrons. The van der Waals surface area contributed by atoms with E-state index in [2.05, 4.69) is 5.32 Å². The molecule has 0 aliphatic carbocycles. The lowest BCUT2D eigenvalue weighted by molar-refractivity contribution is -0.119. The predicted molar refractivity (Wildman–Crippen MR) is 96.3 cm³/mol. The van der Waals surface area contributed by atoms with E-state index in [4.69, 9.17) is 9.15 Å². The number of Topliss-reactive ketones (excluding diaryl/α,β-unsaturated/α-hetero) is 1. The van der Waals surface area contributed by atoms with E-state index in [-0.39, 0.29) is 11.5 Å². The summed E-state index contributed by atoms with van der Waals surface area (Å²) in [5.41, 5.74) is 2.32. The molecule has 0 atom stereocenters. The van der Waals surface area contributed by atoms with Gasteiger partial charge in [0.2, 0.25) is 5.76 Å². The molecule has 1 heterocycles. The van der Waals surface area contributed by atoms with Gasteiger partial charge in [0.15, 0.2) is 12.4 Å². The van der Waals surface area contributed by atoms with E-state index < -0.39 is 18.5 Å². The van der Waals surface area contributed by atoms with Crippen molar-refractivity contribution in [2.75, 3.05) is 11.9 Å². The molecular weight excluding hydrogens is 334 g/mol. The van der Waals surface area contributed by atoms with Crippen LogP contribution >= 0.6 is 0 Å². The Balaban J connectivity index is 1.60. The van der Waals surface area contributed by atoms with Crippen molar-refractivity contribution < 1.29 is 23.5 Å². The zero-order chi connectivity index (χ0) is 18.7. The van der Waals surface area contributed by atoms with Crippen molar-refractivity contribution in [3.63, 3.8) is 0 Å². The number of amides is 1. The van der Waals surface area contributed by atoms with Crippen LogP contribution in [0.1, 0.15) is 33.4 Å². The van der Waals surface area contributed by atoms with E-state index in [1.54, 1.807) is 37.3 Å². The second-order valence-electron chi connectivity index (χ2n) is 5.81. The van der Waals surface area contributed by atoms with Gasteiger partial charge in [-0.05, 0) is 44.2 Å². The highest BCUT2D eigenvalue weighted by molar-refractivity contribution is 5.99. The quantitative estimate of drug-likeness (QED) is 0.559. The maximum absolute atomic E-state index is 12.2. The summed E-state index contributed by atoms with van der Waals surface area (Å²) < 4.78 is 10.5. The first-order valence-corrected chi connectivity index (χ1v) is 8.02. The maximum atomic E-state index is 12.2. The van der Waals surface area contributed by atoms with Crippen LogP contribution in [-0.2, 0) is 9.53 Å². The number of fused-ring (bicyclic) bond motifs is 1. The Hall–Kier alpha value is -3.41. The fourth-order valence-corrected chi connectivity index (χ4v) is 2.55. The second-order valence-corrected chi connectivity index (χ2v) is 5.81. The number of rotatable bonds is 5. The molecule has 0 saturated carbocycles. The molecule has 26 heavy (non-hydrogen) atoms. The molecule has 0 bridgehead atoms. The first kappa shape index (κ1) is 17.4. The lowest BCUT2D eigenvalue weighted by Gasteiger charge is -2.06. The Kier molecular flexibility index (Phi) is 4.84. The number of carbonyl (C=O) groups excluding carboxylic acids is 3. The largest absolute Gasteiger partial charge is 0.450 e. The highest BCUT2D eigenvalue weighted by Crippen LogP contribution is 2.25. The summed E-state index contributed by atoms with van der Waals surface area (Å²) in [6, 6.07) is 13.7. The minimum Gasteiger partial charge on any atom is -0.450 e. The average molecular weight is 351 g/mol. The van der Waals surface area contributed by atoms with Crippen molar-refractivity contribution in [3.8, 4) is 0 Å². The number of esters is 1. The van der Waals surface area contributed by atoms with Gasteiger partial charge in [0.1, 0.15) is 5.58 Å². The van der Waals surface area contributed by atoms with E-state index in [1.165, 1.54) is 6.92 Å². The van der Waals surface area contributed by atoms with Crippen LogP contribution in [0.2, 0.25) is 0 Å². The highest BCUT2D eigenvalue weighted by Gasteiger charge is 2.19. The number of ketones is 1. The number of carbonyl (C=O) groups is 3. The van der Waals surface area contributed by atoms with Gasteiger partial charge >= 0.3 is 5.97 Å². The molecule has 0 radical (unpaired) electrons. The first-order valence-electron chi connectivity index (χ1n) is 8.02. The monoisotopic (exact) mass is 351 g/mol. The number of benzene rings is 2. The predicted octanol–water partition coefficient (Wildman–Crippen LogP) is 3.74. The minimum absolute atomic E-state index is 0.0574. The SMILES string of the molecule is CC(=O)c1ccc(NC(=O)COC(=O)c2oc3ccccc3c2C)cc1. The Morgan fingerprint density at radius 3 is 2.38 bits per heavy atom. The summed E-state index contributed by atoms with van der Waals surface area (Å²) >= 11 is 0. The standard InChI is InChI=1S/C20H17NO5/c1-12-16-5-3-4-6-17(16)26-19(12)20(24)25-11-18(23)21-15-9-7-14(8-10-15)13(2)22/h3-10H,11H2,1-2H3,(H,21,23). The lowest BCUT2D eigenvalue weighted by Crippen LogP contribution is -2.21. The Morgan fingerprint density at radius 2 is 1.73 bits per heavy atom. The molecule has 1 aromatic heterocycles. The fraction of sp³-hybridized carbons (Fsp3) is 0.150. The minimum atomic E-state index is -0.694. The van der Waals surface area contributed by atoms with Crippen LogP contribution in [-0.4, -0.2) is 24.3 Å². The van der Waals surface area contributed by atoms with Crippen LogP contribution in [0.4, 0.5) is 5.69 Å². The number of aryl methyl sites for hydroxylation is 1. The summed E-state index contributed by atoms with van der Waals surface area (Å²) in [6.07, 6.45) is 0. The van der Waals surface area contributed by atoms with Crippen molar-refractivity contribution in [2.45, 2.75) is 13.8 Å². The summed E-state index contributed by atoms with van der Waals surface area (Å²) in [4.78, 5) is 35.3. The van der Waals surface area contributed by atoms with Crippen LogP contribution in [0.15, 0.2) is 52.9 Å². The van der Waals surface area contributed by atoms with Gasteiger partial charge < -0.3 is 14.5 Å². The number of para-hydroxylation sites is 1. The van der Waals surface area contributed by atoms with Gasteiger partial charge in [-0.2, -0.15) is 0 Å². The van der Waals surface area contributed by atoms with E-state index in [1.807, 2.05) is 18.2 Å². The molecule has 0 saturated heterocycles. The normalized spacial score (nSPS) is 10.5. The second kappa shape index (κ2) is 7.23. The molecule has 1 N–H and O–H groups in total. The van der Waals surface area contributed by atoms with Crippen LogP contribution in [0.25, 0.3) is 11.0 Å². The average Bonchev–Trinajstić information content (AvgIpc) is 2.97. The van der Waals surface area contributed by atoms with Gasteiger partial charge in [0, 0.05) is 22.2 Å². The first-order chi connectivity index (χ1) is 12.5. The molecule has 0 aliphatic heterocycles. The van der Waals surface area contributed by atoms with Crippen molar-refractivity contribution in [1.82, 2.24) is 0 Å². The van der Waals surface area contributed by atoms with E-state index in [0.29, 0.717) is 22.4 Å². The third-order valence-electron chi connectivity index (χ3n) is 3.94. The zero-order valence-electron chi connectivity index (χ0n) is 14.4. The van der Waals surface area contributed by atoms with Gasteiger partial charge in [-0.25, -0.2) is 4.79 Å². The molecule has 6 heteroatoms. The number of hydrogen-bond donors (Lipinski definition) is 1. The van der Waals surface area contributed by atoms with E-state index in [0.717, 1.165) is 5.39 Å². The van der Waals surface area contributed by atoms with Gasteiger partial charge in [0.05, 0.1) is 0 Å². The summed E-state index contributed by atoms with van der Waals surface area (Å²) in [5.74, 6) is -1.15. The lowest BCUT2D eigenvalue weighted by atomic mass is 10.1. The van der Waals surface area contributed by atoms with Crippen LogP contribution in [0.5, 0.6) is 0 Å². The zero-order valence-corrected chi connectivity index (χ0v) is 14.4. The molecular formula is C20H17NO5. The Labute approximate surface area is 149 Å². The van der Waals surface area contributed by atoms with Gasteiger partial charge in [-0.1, -0.05) is 18.2 Å².